The molecule has 13 heavy (non-hydrogen) atoms. The Labute approximate surface area is 74.3 Å². The molecule has 5 nitrogen and oxygen atoms in total. The number of aliphatic hydroxyl groups is 1. The Morgan fingerprint density at radius 1 is 1.62 bits per heavy atom. The second kappa shape index (κ2) is 2.56. The van der Waals surface area contributed by atoms with E-state index >= 15 is 0 Å². The van der Waals surface area contributed by atoms with Gasteiger partial charge in [-0.3, -0.25) is 4.79 Å². The predicted octanol–water partition coefficient (Wildman–Crippen LogP) is -0.680. The Hall–Kier alpha value is -1.36. The second-order valence-electron chi connectivity index (χ2n) is 3.28. The molecular formula is C8H9NO4. The zero-order valence-corrected chi connectivity index (χ0v) is 6.80. The highest BCUT2D eigenvalue weighted by molar-refractivity contribution is 5.96. The summed E-state index contributed by atoms with van der Waals surface area (Å²) in [7, 11) is 0. The molecule has 2 unspecified atom stereocenters. The third kappa shape index (κ3) is 1.12. The molecular weight excluding hydrogens is 174 g/mol. The molecule has 2 aliphatic rings. The predicted molar refractivity (Wildman–Crippen MR) is 41.6 cm³/mol. The number of carbonyl (C=O) groups excluding carboxylic acids is 1. The first-order valence-electron chi connectivity index (χ1n) is 4.05. The number of aliphatic carboxylic acids is 1. The van der Waals surface area contributed by atoms with Gasteiger partial charge in [-0.25, -0.2) is 4.79 Å². The molecule has 1 fully saturated rings. The molecule has 0 bridgehead atoms. The van der Waals surface area contributed by atoms with Crippen LogP contribution in [0.25, 0.3) is 0 Å². The average molecular weight is 183 g/mol. The number of amides is 1. The third-order valence-corrected chi connectivity index (χ3v) is 2.39. The fourth-order valence-electron chi connectivity index (χ4n) is 1.79. The summed E-state index contributed by atoms with van der Waals surface area (Å²) in [5.41, 5.74) is -0.0833. The Morgan fingerprint density at radius 3 is 2.85 bits per heavy atom. The number of hydrogen-bond acceptors (Lipinski definition) is 3. The molecule has 2 aliphatic heterocycles. The number of carboxylic acid groups (broad SMARTS) is 1. The highest BCUT2D eigenvalue weighted by Gasteiger charge is 2.44. The van der Waals surface area contributed by atoms with Gasteiger partial charge < -0.3 is 15.1 Å². The molecule has 0 aliphatic carbocycles. The first-order chi connectivity index (χ1) is 6.09. The first-order valence-corrected chi connectivity index (χ1v) is 4.05. The average Bonchev–Trinajstić information content (AvgIpc) is 2.01. The Balaban J connectivity index is 2.30. The van der Waals surface area contributed by atoms with Crippen LogP contribution < -0.4 is 0 Å². The molecule has 2 N–H and O–H groups in total. The summed E-state index contributed by atoms with van der Waals surface area (Å²) in [5, 5.41) is 18.0. The van der Waals surface area contributed by atoms with E-state index in [4.69, 9.17) is 5.11 Å². The molecule has 2 rings (SSSR count). The van der Waals surface area contributed by atoms with Crippen LogP contribution in [-0.4, -0.2) is 39.1 Å². The molecule has 5 heteroatoms. The van der Waals surface area contributed by atoms with Gasteiger partial charge in [-0.05, 0) is 12.5 Å². The Kier molecular flexibility index (Phi) is 1.63. The lowest BCUT2D eigenvalue weighted by atomic mass is 9.90. The van der Waals surface area contributed by atoms with Crippen molar-refractivity contribution in [3.8, 4) is 0 Å². The molecule has 2 heterocycles. The van der Waals surface area contributed by atoms with Gasteiger partial charge in [0.15, 0.2) is 0 Å². The van der Waals surface area contributed by atoms with E-state index in [1.54, 1.807) is 0 Å². The van der Waals surface area contributed by atoms with Gasteiger partial charge in [-0.15, -0.1) is 0 Å². The fourth-order valence-corrected chi connectivity index (χ4v) is 1.79. The topological polar surface area (TPSA) is 77.8 Å². The van der Waals surface area contributed by atoms with E-state index in [1.165, 1.54) is 11.0 Å². The Morgan fingerprint density at radius 2 is 2.31 bits per heavy atom. The number of fused-ring (bicyclic) bond motifs is 1. The lowest BCUT2D eigenvalue weighted by molar-refractivity contribution is -0.151. The number of β-lactam (4-membered cyclic amide) rings is 1. The first kappa shape index (κ1) is 8.25. The van der Waals surface area contributed by atoms with Crippen molar-refractivity contribution in [2.45, 2.75) is 25.0 Å². The minimum atomic E-state index is -1.16. The van der Waals surface area contributed by atoms with Crippen molar-refractivity contribution in [1.29, 1.82) is 0 Å². The summed E-state index contributed by atoms with van der Waals surface area (Å²) < 4.78 is 0. The SMILES string of the molecule is O=C(O)C1=CC(O)CC2CC(=O)N12. The smallest absolute Gasteiger partial charge is 0.352 e. The quantitative estimate of drug-likeness (QED) is 0.528. The summed E-state index contributed by atoms with van der Waals surface area (Å²) in [5.74, 6) is -1.33. The van der Waals surface area contributed by atoms with Gasteiger partial charge in [0, 0.05) is 12.5 Å². The van der Waals surface area contributed by atoms with E-state index < -0.39 is 12.1 Å². The van der Waals surface area contributed by atoms with Crippen LogP contribution in [0.4, 0.5) is 0 Å². The van der Waals surface area contributed by atoms with Crippen molar-refractivity contribution in [3.05, 3.63) is 11.8 Å². The fraction of sp³-hybridized carbons (Fsp3) is 0.500. The van der Waals surface area contributed by atoms with Crippen molar-refractivity contribution < 1.29 is 19.8 Å². The highest BCUT2D eigenvalue weighted by atomic mass is 16.4. The van der Waals surface area contributed by atoms with Crippen LogP contribution >= 0.6 is 0 Å². The molecule has 0 radical (unpaired) electrons. The standard InChI is InChI=1S/C8H9NO4/c10-5-1-4-2-7(11)9(4)6(3-5)8(12)13/h3-5,10H,1-2H2,(H,12,13). The van der Waals surface area contributed by atoms with Gasteiger partial charge in [0.25, 0.3) is 0 Å². The zero-order valence-electron chi connectivity index (χ0n) is 6.80. The maximum Gasteiger partial charge on any atom is 0.352 e. The zero-order chi connectivity index (χ0) is 9.59. The minimum Gasteiger partial charge on any atom is -0.477 e. The van der Waals surface area contributed by atoms with Crippen molar-refractivity contribution in [2.75, 3.05) is 0 Å². The van der Waals surface area contributed by atoms with Gasteiger partial charge in [0.2, 0.25) is 5.91 Å². The molecule has 0 spiro atoms. The van der Waals surface area contributed by atoms with E-state index in [1.807, 2.05) is 0 Å². The normalized spacial score (nSPS) is 31.9. The second-order valence-corrected chi connectivity index (χ2v) is 3.28. The largest absolute Gasteiger partial charge is 0.477 e. The molecule has 0 saturated carbocycles. The summed E-state index contributed by atoms with van der Waals surface area (Å²) in [6.45, 7) is 0. The van der Waals surface area contributed by atoms with Gasteiger partial charge >= 0.3 is 5.97 Å². The van der Waals surface area contributed by atoms with Crippen LogP contribution in [0, 0.1) is 0 Å². The maximum absolute atomic E-state index is 11.0. The minimum absolute atomic E-state index is 0.0833. The molecule has 1 amide bonds. The molecule has 1 saturated heterocycles. The van der Waals surface area contributed by atoms with E-state index in [0.29, 0.717) is 12.8 Å². The van der Waals surface area contributed by atoms with Gasteiger partial charge in [0.05, 0.1) is 6.10 Å². The van der Waals surface area contributed by atoms with Crippen molar-refractivity contribution in [1.82, 2.24) is 4.90 Å². The van der Waals surface area contributed by atoms with Crippen LogP contribution in [0.2, 0.25) is 0 Å². The summed E-state index contributed by atoms with van der Waals surface area (Å²) in [4.78, 5) is 22.9. The molecule has 0 aromatic carbocycles. The number of nitrogens with zero attached hydrogens (tertiary/aromatic N) is 1. The number of carboxylic acids is 1. The van der Waals surface area contributed by atoms with Gasteiger partial charge in [-0.2, -0.15) is 0 Å². The van der Waals surface area contributed by atoms with E-state index in [9.17, 15) is 14.7 Å². The molecule has 70 valence electrons. The molecule has 2 atom stereocenters. The van der Waals surface area contributed by atoms with Gasteiger partial charge in [0.1, 0.15) is 5.70 Å². The van der Waals surface area contributed by atoms with E-state index in [2.05, 4.69) is 0 Å². The highest BCUT2D eigenvalue weighted by Crippen LogP contribution is 2.32. The van der Waals surface area contributed by atoms with Crippen LogP contribution in [0.1, 0.15) is 12.8 Å². The van der Waals surface area contributed by atoms with Crippen LogP contribution in [-0.2, 0) is 9.59 Å². The lowest BCUT2D eigenvalue weighted by Gasteiger charge is -2.44. The van der Waals surface area contributed by atoms with Crippen molar-refractivity contribution >= 4 is 11.9 Å². The van der Waals surface area contributed by atoms with E-state index in [-0.39, 0.29) is 17.6 Å². The van der Waals surface area contributed by atoms with Crippen LogP contribution in [0.15, 0.2) is 11.8 Å². The van der Waals surface area contributed by atoms with Crippen LogP contribution in [0.5, 0.6) is 0 Å². The number of rotatable bonds is 1. The summed E-state index contributed by atoms with van der Waals surface area (Å²) in [6.07, 6.45) is 1.28. The Bertz CT molecular complexity index is 309. The van der Waals surface area contributed by atoms with Crippen molar-refractivity contribution in [2.24, 2.45) is 0 Å². The van der Waals surface area contributed by atoms with Crippen LogP contribution in [0.3, 0.4) is 0 Å². The monoisotopic (exact) mass is 183 g/mol. The molecule has 0 aromatic rings. The number of hydrogen-bond donors (Lipinski definition) is 2. The van der Waals surface area contributed by atoms with E-state index in [0.717, 1.165) is 0 Å². The number of aliphatic hydroxyl groups excluding tert-OH is 1. The molecule has 0 aromatic heterocycles. The summed E-state index contributed by atoms with van der Waals surface area (Å²) >= 11 is 0. The maximum atomic E-state index is 11.0. The summed E-state index contributed by atoms with van der Waals surface area (Å²) in [6, 6.07) is -0.112. The lowest BCUT2D eigenvalue weighted by Crippen LogP contribution is -2.56. The van der Waals surface area contributed by atoms with Gasteiger partial charge in [-0.1, -0.05) is 0 Å². The number of carbonyl (C=O) groups is 2. The third-order valence-electron chi connectivity index (χ3n) is 2.39. The van der Waals surface area contributed by atoms with Crippen molar-refractivity contribution in [3.63, 3.8) is 0 Å².